The van der Waals surface area contributed by atoms with Crippen molar-refractivity contribution < 1.29 is 57.1 Å². The summed E-state index contributed by atoms with van der Waals surface area (Å²) in [5.41, 5.74) is 0. The molecule has 3 amide bonds. The highest BCUT2D eigenvalue weighted by molar-refractivity contribution is 5.88. The predicted octanol–water partition coefficient (Wildman–Crippen LogP) is 3.25. The van der Waals surface area contributed by atoms with Crippen LogP contribution >= 0.6 is 0 Å². The van der Waals surface area contributed by atoms with Gasteiger partial charge in [-0.25, -0.2) is 0 Å². The van der Waals surface area contributed by atoms with Gasteiger partial charge in [-0.15, -0.1) is 0 Å². The van der Waals surface area contributed by atoms with Gasteiger partial charge in [-0.1, -0.05) is 47.0 Å². The topological polar surface area (TPSA) is 178 Å². The van der Waals surface area contributed by atoms with E-state index in [4.69, 9.17) is 37.9 Å². The van der Waals surface area contributed by atoms with Gasteiger partial charge >= 0.3 is 0 Å². The van der Waals surface area contributed by atoms with Crippen LogP contribution in [-0.2, 0) is 57.1 Å². The molecule has 0 unspecified atom stereocenters. The van der Waals surface area contributed by atoms with Crippen LogP contribution in [0.3, 0.4) is 0 Å². The van der Waals surface area contributed by atoms with Crippen molar-refractivity contribution in [1.82, 2.24) is 16.0 Å². The Balaban J connectivity index is 3.84. The minimum absolute atomic E-state index is 0.0833. The Labute approximate surface area is 325 Å². The third kappa shape index (κ3) is 36.7. The smallest absolute Gasteiger partial charge is 0.242 e. The molecular weight excluding hydrogens is 702 g/mol. The molecule has 0 fully saturated rings. The van der Waals surface area contributed by atoms with Crippen LogP contribution < -0.4 is 16.0 Å². The molecule has 0 heterocycles. The molecule has 318 valence electrons. The minimum Gasteiger partial charge on any atom is -0.382 e. The number of hydrogen-bond acceptors (Lipinski definition) is 12. The van der Waals surface area contributed by atoms with E-state index in [1.54, 1.807) is 7.11 Å². The van der Waals surface area contributed by atoms with Crippen LogP contribution in [0, 0.1) is 11.8 Å². The highest BCUT2D eigenvalue weighted by Crippen LogP contribution is 2.10. The number of rotatable bonds is 41. The summed E-state index contributed by atoms with van der Waals surface area (Å²) in [6.07, 6.45) is 6.62. The molecule has 0 aromatic heterocycles. The van der Waals surface area contributed by atoms with E-state index in [1.165, 1.54) is 0 Å². The third-order valence-corrected chi connectivity index (χ3v) is 8.03. The number of nitrogens with one attached hydrogen (secondary N) is 3. The van der Waals surface area contributed by atoms with Crippen molar-refractivity contribution in [2.24, 2.45) is 11.8 Å². The summed E-state index contributed by atoms with van der Waals surface area (Å²) < 4.78 is 43.0. The van der Waals surface area contributed by atoms with Crippen molar-refractivity contribution >= 4 is 23.5 Å². The fraction of sp³-hybridized carbons (Fsp3) is 0.897. The molecule has 15 heteroatoms. The predicted molar refractivity (Wildman–Crippen MR) is 206 cm³/mol. The molecule has 54 heavy (non-hydrogen) atoms. The van der Waals surface area contributed by atoms with Crippen LogP contribution in [0.2, 0.25) is 0 Å². The third-order valence-electron chi connectivity index (χ3n) is 8.03. The molecule has 1 atom stereocenters. The van der Waals surface area contributed by atoms with Crippen LogP contribution in [0.5, 0.6) is 0 Å². The van der Waals surface area contributed by atoms with E-state index >= 15 is 0 Å². The van der Waals surface area contributed by atoms with Gasteiger partial charge in [0.1, 0.15) is 11.8 Å². The minimum atomic E-state index is -0.676. The molecule has 0 saturated heterocycles. The number of ketones is 1. The Kier molecular flexibility index (Phi) is 37.4. The van der Waals surface area contributed by atoms with E-state index in [0.717, 1.165) is 25.7 Å². The zero-order chi connectivity index (χ0) is 39.9. The van der Waals surface area contributed by atoms with Gasteiger partial charge in [0.2, 0.25) is 17.7 Å². The zero-order valence-electron chi connectivity index (χ0n) is 34.2. The Morgan fingerprint density at radius 3 is 1.43 bits per heavy atom. The molecular formula is C39H75N3O12. The van der Waals surface area contributed by atoms with Crippen LogP contribution in [0.25, 0.3) is 0 Å². The second-order valence-electron chi connectivity index (χ2n) is 13.7. The molecule has 15 nitrogen and oxygen atoms in total. The summed E-state index contributed by atoms with van der Waals surface area (Å²) in [6.45, 7) is 15.8. The zero-order valence-corrected chi connectivity index (χ0v) is 34.2. The quantitative estimate of drug-likeness (QED) is 0.0774. The van der Waals surface area contributed by atoms with Crippen LogP contribution in [0.15, 0.2) is 0 Å². The molecule has 0 saturated carbocycles. The standard InChI is InChI=1S/C39H75N3O12/c1-33(2)11-7-6-8-13-38(45)42-35(39(46)41-17-14-36(43)34(3)4)12-9-10-16-40-37(44)15-18-48-21-22-50-25-26-52-29-30-54-32-31-53-28-27-51-24-23-49-20-19-47-5/h33-35H,6-32H2,1-5H3,(H,40,44)(H,41,46)(H,42,45)/t35-/m0/s1. The Hall–Kier alpha value is -2.24. The molecule has 0 aliphatic rings. The average Bonchev–Trinajstić information content (AvgIpc) is 3.14. The second-order valence-corrected chi connectivity index (χ2v) is 13.7. The SMILES string of the molecule is COCCOCCOCCOCCOCCOCCOCCOCCC(=O)NCCCC[C@H](NC(=O)CCCCCC(C)C)C(=O)NCCC(=O)C(C)C. The number of carbonyl (C=O) groups excluding carboxylic acids is 4. The Bertz CT molecular complexity index is 910. The summed E-state index contributed by atoms with van der Waals surface area (Å²) in [7, 11) is 1.64. The van der Waals surface area contributed by atoms with E-state index in [1.807, 2.05) is 13.8 Å². The molecule has 0 aliphatic heterocycles. The molecule has 0 rings (SSSR count). The first-order chi connectivity index (χ1) is 26.2. The Morgan fingerprint density at radius 1 is 0.463 bits per heavy atom. The monoisotopic (exact) mass is 778 g/mol. The Morgan fingerprint density at radius 2 is 0.944 bits per heavy atom. The molecule has 0 aromatic carbocycles. The lowest BCUT2D eigenvalue weighted by Crippen LogP contribution is -2.47. The number of hydrogen-bond donors (Lipinski definition) is 3. The van der Waals surface area contributed by atoms with Crippen LogP contribution in [0.1, 0.15) is 91.9 Å². The summed E-state index contributed by atoms with van der Waals surface area (Å²) in [5, 5.41) is 8.57. The summed E-state index contributed by atoms with van der Waals surface area (Å²) in [4.78, 5) is 49.6. The van der Waals surface area contributed by atoms with Crippen molar-refractivity contribution in [3.8, 4) is 0 Å². The van der Waals surface area contributed by atoms with Gasteiger partial charge < -0.3 is 53.8 Å². The normalized spacial score (nSPS) is 12.0. The van der Waals surface area contributed by atoms with Gasteiger partial charge in [0.25, 0.3) is 0 Å². The fourth-order valence-electron chi connectivity index (χ4n) is 4.79. The van der Waals surface area contributed by atoms with Crippen molar-refractivity contribution in [3.05, 3.63) is 0 Å². The molecule has 0 radical (unpaired) electrons. The van der Waals surface area contributed by atoms with E-state index in [-0.39, 0.29) is 55.4 Å². The van der Waals surface area contributed by atoms with E-state index in [0.29, 0.717) is 131 Å². The average molecular weight is 778 g/mol. The second kappa shape index (κ2) is 39.0. The summed E-state index contributed by atoms with van der Waals surface area (Å²) >= 11 is 0. The van der Waals surface area contributed by atoms with Crippen molar-refractivity contribution in [1.29, 1.82) is 0 Å². The van der Waals surface area contributed by atoms with Gasteiger partial charge in [0.05, 0.1) is 99.1 Å². The maximum Gasteiger partial charge on any atom is 0.242 e. The fourth-order valence-corrected chi connectivity index (χ4v) is 4.79. The number of carbonyl (C=O) groups is 4. The number of unbranched alkanes of at least 4 members (excludes halogenated alkanes) is 3. The lowest BCUT2D eigenvalue weighted by Gasteiger charge is -2.19. The lowest BCUT2D eigenvalue weighted by atomic mass is 10.0. The van der Waals surface area contributed by atoms with Crippen molar-refractivity contribution in [2.45, 2.75) is 97.9 Å². The maximum absolute atomic E-state index is 12.9. The van der Waals surface area contributed by atoms with Gasteiger partial charge in [0, 0.05) is 45.4 Å². The number of amides is 3. The summed E-state index contributed by atoms with van der Waals surface area (Å²) in [5.74, 6) is 0.106. The molecule has 0 aliphatic carbocycles. The van der Waals surface area contributed by atoms with E-state index in [9.17, 15) is 19.2 Å². The number of Topliss-reactive ketones (excluding diaryl/α,β-unsaturated/α-hetero) is 1. The first-order valence-electron chi connectivity index (χ1n) is 20.1. The largest absolute Gasteiger partial charge is 0.382 e. The highest BCUT2D eigenvalue weighted by atomic mass is 16.6. The molecule has 0 spiro atoms. The van der Waals surface area contributed by atoms with Gasteiger partial charge in [-0.2, -0.15) is 0 Å². The number of ether oxygens (including phenoxy) is 8. The molecule has 0 bridgehead atoms. The van der Waals surface area contributed by atoms with Gasteiger partial charge in [-0.05, 0) is 31.6 Å². The first kappa shape index (κ1) is 51.8. The maximum atomic E-state index is 12.9. The summed E-state index contributed by atoms with van der Waals surface area (Å²) in [6, 6.07) is -0.676. The molecule has 0 aromatic rings. The molecule has 3 N–H and O–H groups in total. The number of methoxy groups -OCH3 is 1. The van der Waals surface area contributed by atoms with Crippen LogP contribution in [-0.4, -0.2) is 149 Å². The van der Waals surface area contributed by atoms with E-state index in [2.05, 4.69) is 29.8 Å². The van der Waals surface area contributed by atoms with Crippen molar-refractivity contribution in [2.75, 3.05) is 119 Å². The highest BCUT2D eigenvalue weighted by Gasteiger charge is 2.20. The first-order valence-corrected chi connectivity index (χ1v) is 20.1. The van der Waals surface area contributed by atoms with Crippen LogP contribution in [0.4, 0.5) is 0 Å². The van der Waals surface area contributed by atoms with Crippen molar-refractivity contribution in [3.63, 3.8) is 0 Å². The van der Waals surface area contributed by atoms with Gasteiger partial charge in [0.15, 0.2) is 0 Å². The lowest BCUT2D eigenvalue weighted by molar-refractivity contribution is -0.129. The van der Waals surface area contributed by atoms with Gasteiger partial charge in [-0.3, -0.25) is 19.2 Å². The van der Waals surface area contributed by atoms with E-state index < -0.39 is 6.04 Å².